The van der Waals surface area contributed by atoms with Gasteiger partial charge in [0.05, 0.1) is 6.54 Å². The molecule has 2 nitrogen and oxygen atoms in total. The van der Waals surface area contributed by atoms with E-state index in [0.717, 1.165) is 19.3 Å². The van der Waals surface area contributed by atoms with Crippen molar-refractivity contribution in [2.45, 2.75) is 25.8 Å². The van der Waals surface area contributed by atoms with Crippen LogP contribution in [0.3, 0.4) is 0 Å². The van der Waals surface area contributed by atoms with E-state index in [-0.39, 0.29) is 0 Å². The maximum absolute atomic E-state index is 3.40. The lowest BCUT2D eigenvalue weighted by Gasteiger charge is -2.03. The summed E-state index contributed by atoms with van der Waals surface area (Å²) in [6.45, 7) is 3.48. The molecule has 0 bridgehead atoms. The molecule has 16 heavy (non-hydrogen) atoms. The van der Waals surface area contributed by atoms with Gasteiger partial charge in [0.1, 0.15) is 6.54 Å². The van der Waals surface area contributed by atoms with Gasteiger partial charge in [0, 0.05) is 15.8 Å². The molecule has 0 aromatic heterocycles. The summed E-state index contributed by atoms with van der Waals surface area (Å²) in [7, 11) is 3.40. The maximum Gasteiger partial charge on any atom is 0.101 e. The average Bonchev–Trinajstić information content (AvgIpc) is 2.34. The highest BCUT2D eigenvalue weighted by atomic mass is 28.1. The lowest BCUT2D eigenvalue weighted by Crippen LogP contribution is -2.82. The average molecular weight is 234 g/mol. The van der Waals surface area contributed by atoms with Crippen molar-refractivity contribution in [2.24, 2.45) is 0 Å². The topological polar surface area (TPSA) is 28.6 Å². The fraction of sp³-hybridized carbons (Fsp3) is 0.538. The molecule has 0 aliphatic heterocycles. The Kier molecular flexibility index (Phi) is 8.03. The number of nitrogens with one attached hydrogen (secondary N) is 1. The van der Waals surface area contributed by atoms with Gasteiger partial charge < -0.3 is 10.6 Å². The van der Waals surface area contributed by atoms with Gasteiger partial charge in [-0.25, -0.2) is 0 Å². The zero-order chi connectivity index (χ0) is 11.5. The molecule has 3 N–H and O–H groups in total. The predicted molar refractivity (Wildman–Crippen MR) is 69.4 cm³/mol. The molecule has 0 amide bonds. The van der Waals surface area contributed by atoms with E-state index in [2.05, 4.69) is 51.2 Å². The summed E-state index contributed by atoms with van der Waals surface area (Å²) < 4.78 is 0. The van der Waals surface area contributed by atoms with Gasteiger partial charge in [-0.2, -0.15) is 0 Å². The van der Waals surface area contributed by atoms with Crippen LogP contribution >= 0.6 is 0 Å². The molecule has 3 heteroatoms. The zero-order valence-corrected chi connectivity index (χ0v) is 10.9. The van der Waals surface area contributed by atoms with E-state index in [1.165, 1.54) is 31.4 Å². The van der Waals surface area contributed by atoms with Gasteiger partial charge in [0.25, 0.3) is 0 Å². The largest absolute Gasteiger partial charge is 0.343 e. The summed E-state index contributed by atoms with van der Waals surface area (Å²) in [5, 5.41) is 5.66. The first kappa shape index (κ1) is 13.4. The highest BCUT2D eigenvalue weighted by molar-refractivity contribution is 6.08. The monoisotopic (exact) mass is 234 g/mol. The summed E-state index contributed by atoms with van der Waals surface area (Å²) in [6, 6.07) is 10.7. The van der Waals surface area contributed by atoms with Gasteiger partial charge in [-0.3, -0.25) is 0 Å². The molecule has 1 aromatic carbocycles. The maximum atomic E-state index is 3.40. The Bertz CT molecular complexity index is 251. The van der Waals surface area contributed by atoms with E-state index >= 15 is 0 Å². The van der Waals surface area contributed by atoms with Crippen molar-refractivity contribution in [1.82, 2.24) is 5.32 Å². The van der Waals surface area contributed by atoms with Crippen molar-refractivity contribution < 1.29 is 5.32 Å². The molecule has 0 spiro atoms. The van der Waals surface area contributed by atoms with Gasteiger partial charge in [-0.15, -0.1) is 0 Å². The molecule has 0 aliphatic rings. The molecule has 1 rings (SSSR count). The van der Waals surface area contributed by atoms with Gasteiger partial charge in [0.15, 0.2) is 0 Å². The van der Waals surface area contributed by atoms with E-state index in [9.17, 15) is 0 Å². The molecule has 0 saturated heterocycles. The molecular weight excluding hydrogens is 212 g/mol. The fourth-order valence-corrected chi connectivity index (χ4v) is 1.86. The van der Waals surface area contributed by atoms with Crippen LogP contribution in [0.15, 0.2) is 30.3 Å². The summed E-state index contributed by atoms with van der Waals surface area (Å²) in [5.74, 6) is 0. The molecule has 3 radical (unpaired) electrons. The van der Waals surface area contributed by atoms with E-state index in [0.29, 0.717) is 0 Å². The van der Waals surface area contributed by atoms with Crippen molar-refractivity contribution >= 4 is 10.2 Å². The van der Waals surface area contributed by atoms with Crippen LogP contribution in [-0.2, 0) is 6.54 Å². The third-order valence-electron chi connectivity index (χ3n) is 2.61. The van der Waals surface area contributed by atoms with Gasteiger partial charge in [-0.1, -0.05) is 30.3 Å². The van der Waals surface area contributed by atoms with Crippen LogP contribution in [0.25, 0.3) is 0 Å². The number of rotatable bonds is 9. The first-order chi connectivity index (χ1) is 7.93. The summed E-state index contributed by atoms with van der Waals surface area (Å²) in [6.07, 6.45) is 4.82. The van der Waals surface area contributed by atoms with E-state index < -0.39 is 0 Å². The molecule has 0 heterocycles. The lowest BCUT2D eigenvalue weighted by molar-refractivity contribution is -0.671. The third kappa shape index (κ3) is 6.77. The molecule has 0 fully saturated rings. The molecule has 0 unspecified atom stereocenters. The van der Waals surface area contributed by atoms with Crippen LogP contribution in [0.4, 0.5) is 0 Å². The van der Waals surface area contributed by atoms with Crippen LogP contribution in [0.1, 0.15) is 24.8 Å². The van der Waals surface area contributed by atoms with Crippen molar-refractivity contribution in [2.75, 3.05) is 19.3 Å². The van der Waals surface area contributed by atoms with Crippen LogP contribution in [0.5, 0.6) is 0 Å². The molecular formula is C13H22N2Si+. The van der Waals surface area contributed by atoms with Crippen molar-refractivity contribution in [3.63, 3.8) is 0 Å². The smallest absolute Gasteiger partial charge is 0.101 e. The predicted octanol–water partition coefficient (Wildman–Crippen LogP) is 0.636. The Morgan fingerprint density at radius 1 is 1.06 bits per heavy atom. The number of nitrogens with two attached hydrogens (primary N) is 1. The molecule has 0 aliphatic carbocycles. The Hall–Kier alpha value is -0.643. The van der Waals surface area contributed by atoms with Crippen LogP contribution in [0, 0.1) is 0 Å². The molecule has 87 valence electrons. The van der Waals surface area contributed by atoms with Crippen LogP contribution in [0.2, 0.25) is 0 Å². The minimum absolute atomic E-state index is 0.903. The Morgan fingerprint density at radius 3 is 2.62 bits per heavy atom. The third-order valence-corrected chi connectivity index (χ3v) is 2.86. The van der Waals surface area contributed by atoms with Crippen molar-refractivity contribution in [3.05, 3.63) is 35.9 Å². The lowest BCUT2D eigenvalue weighted by atomic mass is 10.2. The number of hydrogen-bond acceptors (Lipinski definition) is 1. The summed E-state index contributed by atoms with van der Waals surface area (Å²) >= 11 is 0. The Balaban J connectivity index is 1.89. The van der Waals surface area contributed by atoms with E-state index in [4.69, 9.17) is 0 Å². The number of unbranched alkanes of at least 4 members (excludes halogenated alkanes) is 2. The van der Waals surface area contributed by atoms with Crippen molar-refractivity contribution in [1.29, 1.82) is 0 Å². The highest BCUT2D eigenvalue weighted by Crippen LogP contribution is 1.95. The zero-order valence-electron chi connectivity index (χ0n) is 9.91. The minimum atomic E-state index is 0.903. The van der Waals surface area contributed by atoms with Crippen LogP contribution < -0.4 is 10.6 Å². The SMILES string of the molecule is [Si]CNCCCCC[NH2+]Cc1ccccc1. The normalized spacial score (nSPS) is 10.6. The van der Waals surface area contributed by atoms with Crippen molar-refractivity contribution in [3.8, 4) is 0 Å². The molecule has 0 saturated carbocycles. The second kappa shape index (κ2) is 9.57. The van der Waals surface area contributed by atoms with E-state index in [1.54, 1.807) is 0 Å². The second-order valence-electron chi connectivity index (χ2n) is 4.00. The summed E-state index contributed by atoms with van der Waals surface area (Å²) in [5.41, 5.74) is 1.42. The second-order valence-corrected chi connectivity index (χ2v) is 4.36. The van der Waals surface area contributed by atoms with Gasteiger partial charge in [0.2, 0.25) is 0 Å². The number of quaternary nitrogens is 1. The number of benzene rings is 1. The van der Waals surface area contributed by atoms with Crippen LogP contribution in [-0.4, -0.2) is 29.5 Å². The van der Waals surface area contributed by atoms with Gasteiger partial charge in [-0.05, 0) is 32.0 Å². The quantitative estimate of drug-likeness (QED) is 0.476. The number of hydrogen-bond donors (Lipinski definition) is 2. The van der Waals surface area contributed by atoms with Gasteiger partial charge >= 0.3 is 0 Å². The molecule has 1 aromatic rings. The summed E-state index contributed by atoms with van der Waals surface area (Å²) in [4.78, 5) is 0. The minimum Gasteiger partial charge on any atom is -0.343 e. The fourth-order valence-electron chi connectivity index (χ4n) is 1.69. The first-order valence-corrected chi connectivity index (χ1v) is 6.85. The Labute approximate surface area is 102 Å². The standard InChI is InChI=1S/C13H21N2Si/c16-12-15-10-6-2-5-9-14-11-13-7-3-1-4-8-13/h1,3-4,7-8,14-15H,2,5-6,9-12H2/p+1. The van der Waals surface area contributed by atoms with E-state index in [1.807, 2.05) is 0 Å². The highest BCUT2D eigenvalue weighted by Gasteiger charge is 1.94. The molecule has 0 atom stereocenters. The Morgan fingerprint density at radius 2 is 1.88 bits per heavy atom. The first-order valence-electron chi connectivity index (χ1n) is 6.14.